The molecule has 0 bridgehead atoms. The molecule has 10 heteroatoms. The Morgan fingerprint density at radius 3 is 2.12 bits per heavy atom. The molecule has 1 heterocycles. The topological polar surface area (TPSA) is 104 Å². The van der Waals surface area contributed by atoms with E-state index in [1.54, 1.807) is 13.0 Å². The molecule has 1 N–H and O–H groups in total. The van der Waals surface area contributed by atoms with E-state index in [0.717, 1.165) is 47.4 Å². The number of carbonyl (C=O) groups excluding carboxylic acids is 1. The van der Waals surface area contributed by atoms with Gasteiger partial charge in [0.2, 0.25) is 26.0 Å². The summed E-state index contributed by atoms with van der Waals surface area (Å²) in [6, 6.07) is 11.4. The largest absolute Gasteiger partial charge is 0.325 e. The number of benzene rings is 2. The summed E-state index contributed by atoms with van der Waals surface area (Å²) >= 11 is 0. The van der Waals surface area contributed by atoms with Gasteiger partial charge in [-0.1, -0.05) is 25.0 Å². The third-order valence-electron chi connectivity index (χ3n) is 5.66. The maximum absolute atomic E-state index is 12.9. The summed E-state index contributed by atoms with van der Waals surface area (Å²) in [5.41, 5.74) is 2.46. The fourth-order valence-corrected chi connectivity index (χ4v) is 6.26. The lowest BCUT2D eigenvalue weighted by atomic mass is 10.1. The van der Waals surface area contributed by atoms with Gasteiger partial charge in [-0.05, 0) is 68.1 Å². The Hall–Kier alpha value is -2.43. The molecule has 3 rings (SSSR count). The molecular weight excluding hydrogens is 462 g/mol. The summed E-state index contributed by atoms with van der Waals surface area (Å²) < 4.78 is 53.2. The van der Waals surface area contributed by atoms with Crippen LogP contribution in [0.5, 0.6) is 0 Å². The van der Waals surface area contributed by atoms with Crippen LogP contribution in [0.4, 0.5) is 11.4 Å². The summed E-state index contributed by atoms with van der Waals surface area (Å²) in [6.07, 6.45) is 4.83. The number of hydrogen-bond acceptors (Lipinski definition) is 5. The first-order valence-corrected chi connectivity index (χ1v) is 14.2. The quantitative estimate of drug-likeness (QED) is 0.638. The van der Waals surface area contributed by atoms with Gasteiger partial charge in [0.1, 0.15) is 6.54 Å². The van der Waals surface area contributed by atoms with Crippen LogP contribution in [-0.2, 0) is 24.8 Å². The summed E-state index contributed by atoms with van der Waals surface area (Å²) in [5.74, 6) is -0.524. The first-order valence-electron chi connectivity index (χ1n) is 10.9. The first-order chi connectivity index (χ1) is 15.5. The molecule has 0 saturated carbocycles. The molecule has 2 aromatic carbocycles. The van der Waals surface area contributed by atoms with E-state index in [0.29, 0.717) is 24.5 Å². The second-order valence-corrected chi connectivity index (χ2v) is 12.3. The number of carbonyl (C=O) groups is 1. The Bertz CT molecular complexity index is 1200. The second kappa shape index (κ2) is 10.2. The zero-order valence-electron chi connectivity index (χ0n) is 19.2. The van der Waals surface area contributed by atoms with Crippen LogP contribution in [-0.4, -0.2) is 52.9 Å². The molecule has 0 unspecified atom stereocenters. The molecule has 0 aromatic heterocycles. The standard InChI is InChI=1S/C23H31N3O5S2/c1-18-8-9-19(2)22(16-18)26(32(3,28)29)17-23(27)24-20-10-12-21(13-11-20)33(30,31)25-14-6-4-5-7-15-25/h8-13,16H,4-7,14-15,17H2,1-3H3,(H,24,27). The minimum absolute atomic E-state index is 0.176. The third kappa shape index (κ3) is 6.33. The van der Waals surface area contributed by atoms with Crippen molar-refractivity contribution >= 4 is 37.3 Å². The van der Waals surface area contributed by atoms with Crippen molar-refractivity contribution in [3.63, 3.8) is 0 Å². The predicted octanol–water partition coefficient (Wildman–Crippen LogP) is 3.27. The van der Waals surface area contributed by atoms with E-state index in [1.165, 1.54) is 28.6 Å². The molecule has 1 fully saturated rings. The van der Waals surface area contributed by atoms with Gasteiger partial charge in [0.05, 0.1) is 16.8 Å². The lowest BCUT2D eigenvalue weighted by molar-refractivity contribution is -0.114. The molecule has 33 heavy (non-hydrogen) atoms. The molecule has 0 aliphatic carbocycles. The zero-order valence-corrected chi connectivity index (χ0v) is 20.9. The minimum Gasteiger partial charge on any atom is -0.325 e. The number of nitrogens with zero attached hydrogens (tertiary/aromatic N) is 2. The highest BCUT2D eigenvalue weighted by atomic mass is 32.2. The Balaban J connectivity index is 1.74. The number of sulfonamides is 2. The van der Waals surface area contributed by atoms with E-state index in [2.05, 4.69) is 5.32 Å². The molecule has 2 aromatic rings. The average Bonchev–Trinajstić information content (AvgIpc) is 3.04. The van der Waals surface area contributed by atoms with E-state index in [9.17, 15) is 21.6 Å². The van der Waals surface area contributed by atoms with Crippen LogP contribution in [0.1, 0.15) is 36.8 Å². The Kier molecular flexibility index (Phi) is 7.81. The molecule has 0 atom stereocenters. The molecule has 8 nitrogen and oxygen atoms in total. The van der Waals surface area contributed by atoms with Crippen molar-refractivity contribution < 1.29 is 21.6 Å². The highest BCUT2D eigenvalue weighted by molar-refractivity contribution is 7.92. The number of hydrogen-bond donors (Lipinski definition) is 1. The second-order valence-electron chi connectivity index (χ2n) is 8.45. The van der Waals surface area contributed by atoms with E-state index in [4.69, 9.17) is 0 Å². The molecule has 0 radical (unpaired) electrons. The van der Waals surface area contributed by atoms with Crippen molar-refractivity contribution in [1.29, 1.82) is 0 Å². The van der Waals surface area contributed by atoms with Gasteiger partial charge in [-0.2, -0.15) is 4.31 Å². The van der Waals surface area contributed by atoms with E-state index in [-0.39, 0.29) is 4.90 Å². The molecule has 1 saturated heterocycles. The number of nitrogens with one attached hydrogen (secondary N) is 1. The van der Waals surface area contributed by atoms with Gasteiger partial charge < -0.3 is 5.32 Å². The third-order valence-corrected chi connectivity index (χ3v) is 8.70. The lowest BCUT2D eigenvalue weighted by Gasteiger charge is -2.24. The van der Waals surface area contributed by atoms with Gasteiger partial charge in [-0.25, -0.2) is 16.8 Å². The first kappa shape index (κ1) is 25.2. The average molecular weight is 494 g/mol. The summed E-state index contributed by atoms with van der Waals surface area (Å²) in [7, 11) is -7.28. The van der Waals surface area contributed by atoms with Crippen LogP contribution in [0.2, 0.25) is 0 Å². The van der Waals surface area contributed by atoms with E-state index in [1.807, 2.05) is 19.1 Å². The Morgan fingerprint density at radius 2 is 1.55 bits per heavy atom. The fraction of sp³-hybridized carbons (Fsp3) is 0.435. The van der Waals surface area contributed by atoms with Crippen LogP contribution >= 0.6 is 0 Å². The van der Waals surface area contributed by atoms with Crippen molar-refractivity contribution in [2.45, 2.75) is 44.4 Å². The highest BCUT2D eigenvalue weighted by Gasteiger charge is 2.26. The minimum atomic E-state index is -3.70. The van der Waals surface area contributed by atoms with Crippen molar-refractivity contribution in [2.75, 3.05) is 35.5 Å². The van der Waals surface area contributed by atoms with Crippen LogP contribution < -0.4 is 9.62 Å². The fourth-order valence-electron chi connectivity index (χ4n) is 3.84. The summed E-state index contributed by atoms with van der Waals surface area (Å²) in [4.78, 5) is 12.8. The maximum atomic E-state index is 12.9. The predicted molar refractivity (Wildman–Crippen MR) is 130 cm³/mol. The number of anilines is 2. The van der Waals surface area contributed by atoms with Gasteiger partial charge in [-0.15, -0.1) is 0 Å². The number of rotatable bonds is 7. The lowest BCUT2D eigenvalue weighted by Crippen LogP contribution is -2.38. The van der Waals surface area contributed by atoms with Gasteiger partial charge in [-0.3, -0.25) is 9.10 Å². The van der Waals surface area contributed by atoms with Crippen molar-refractivity contribution in [1.82, 2.24) is 4.31 Å². The molecule has 1 aliphatic rings. The Labute approximate surface area is 196 Å². The molecule has 1 aliphatic heterocycles. The highest BCUT2D eigenvalue weighted by Crippen LogP contribution is 2.25. The van der Waals surface area contributed by atoms with Gasteiger partial charge in [0, 0.05) is 18.8 Å². The van der Waals surface area contributed by atoms with Crippen molar-refractivity contribution in [3.8, 4) is 0 Å². The number of amides is 1. The maximum Gasteiger partial charge on any atom is 0.245 e. The van der Waals surface area contributed by atoms with Crippen molar-refractivity contribution in [3.05, 3.63) is 53.6 Å². The van der Waals surface area contributed by atoms with Crippen molar-refractivity contribution in [2.24, 2.45) is 0 Å². The van der Waals surface area contributed by atoms with Gasteiger partial charge >= 0.3 is 0 Å². The zero-order chi connectivity index (χ0) is 24.2. The van der Waals surface area contributed by atoms with Crippen LogP contribution in [0.15, 0.2) is 47.4 Å². The van der Waals surface area contributed by atoms with E-state index >= 15 is 0 Å². The number of aryl methyl sites for hydroxylation is 2. The van der Waals surface area contributed by atoms with E-state index < -0.39 is 32.5 Å². The molecule has 0 spiro atoms. The molecule has 180 valence electrons. The summed E-state index contributed by atoms with van der Waals surface area (Å²) in [6.45, 7) is 4.27. The monoisotopic (exact) mass is 493 g/mol. The normalized spacial score (nSPS) is 15.6. The van der Waals surface area contributed by atoms with Crippen LogP contribution in [0, 0.1) is 13.8 Å². The van der Waals surface area contributed by atoms with Crippen LogP contribution in [0.3, 0.4) is 0 Å². The van der Waals surface area contributed by atoms with Crippen LogP contribution in [0.25, 0.3) is 0 Å². The SMILES string of the molecule is Cc1ccc(C)c(N(CC(=O)Nc2ccc(S(=O)(=O)N3CCCCCC3)cc2)S(C)(=O)=O)c1. The van der Waals surface area contributed by atoms with Gasteiger partial charge in [0.15, 0.2) is 0 Å². The molecule has 1 amide bonds. The smallest absolute Gasteiger partial charge is 0.245 e. The molecular formula is C23H31N3O5S2. The summed E-state index contributed by atoms with van der Waals surface area (Å²) in [5, 5.41) is 2.66. The Morgan fingerprint density at radius 1 is 0.939 bits per heavy atom. The van der Waals surface area contributed by atoms with Gasteiger partial charge in [0.25, 0.3) is 0 Å².